The van der Waals surface area contributed by atoms with E-state index in [0.29, 0.717) is 6.42 Å². The lowest BCUT2D eigenvalue weighted by molar-refractivity contribution is -0.137. The average molecular weight is 169 g/mol. The summed E-state index contributed by atoms with van der Waals surface area (Å²) in [7, 11) is 1.71. The topological polar surface area (TPSA) is 37.4 Å². The van der Waals surface area contributed by atoms with Gasteiger partial charge < -0.3 is 4.90 Å². The molecule has 1 aliphatic rings. The molecule has 0 atom stereocenters. The normalized spacial score (nSPS) is 18.6. The van der Waals surface area contributed by atoms with E-state index >= 15 is 0 Å². The molecule has 0 heterocycles. The van der Waals surface area contributed by atoms with Gasteiger partial charge in [-0.25, -0.2) is 0 Å². The van der Waals surface area contributed by atoms with Crippen LogP contribution in [0.5, 0.6) is 0 Å². The first-order valence-corrected chi connectivity index (χ1v) is 4.32. The smallest absolute Gasteiger partial charge is 0.220 e. The van der Waals surface area contributed by atoms with E-state index in [1.807, 2.05) is 6.92 Å². The second-order valence-electron chi connectivity index (χ2n) is 3.39. The Morgan fingerprint density at radius 3 is 2.17 bits per heavy atom. The molecule has 3 heteroatoms. The summed E-state index contributed by atoms with van der Waals surface area (Å²) in [6, 6.07) is 0. The predicted octanol–water partition coefficient (Wildman–Crippen LogP) is 0.976. The summed E-state index contributed by atoms with van der Waals surface area (Å²) in [5.74, 6) is 0.175. The highest BCUT2D eigenvalue weighted by Gasteiger charge is 2.52. The number of hydrogen-bond acceptors (Lipinski definition) is 2. The van der Waals surface area contributed by atoms with Gasteiger partial charge in [-0.3, -0.25) is 9.59 Å². The molecule has 1 saturated carbocycles. The first kappa shape index (κ1) is 9.23. The van der Waals surface area contributed by atoms with Crippen LogP contribution in [0.4, 0.5) is 0 Å². The summed E-state index contributed by atoms with van der Waals surface area (Å²) < 4.78 is 0. The quantitative estimate of drug-likeness (QED) is 0.631. The summed E-state index contributed by atoms with van der Waals surface area (Å²) in [5.41, 5.74) is -0.416. The SMILES string of the molecule is CCC(=O)C1(N(C)C(C)=O)CC1. The molecule has 0 aromatic rings. The monoisotopic (exact) mass is 169 g/mol. The van der Waals surface area contributed by atoms with E-state index in [-0.39, 0.29) is 11.7 Å². The van der Waals surface area contributed by atoms with E-state index in [1.165, 1.54) is 6.92 Å². The van der Waals surface area contributed by atoms with Crippen molar-refractivity contribution in [3.63, 3.8) is 0 Å². The van der Waals surface area contributed by atoms with Gasteiger partial charge in [0.2, 0.25) is 5.91 Å². The lowest BCUT2D eigenvalue weighted by Crippen LogP contribution is -2.43. The summed E-state index contributed by atoms with van der Waals surface area (Å²) in [6.07, 6.45) is 2.21. The van der Waals surface area contributed by atoms with Gasteiger partial charge in [0.15, 0.2) is 5.78 Å². The van der Waals surface area contributed by atoms with E-state index in [9.17, 15) is 9.59 Å². The molecule has 0 unspecified atom stereocenters. The minimum Gasteiger partial charge on any atom is -0.333 e. The average Bonchev–Trinajstić information content (AvgIpc) is 2.82. The van der Waals surface area contributed by atoms with Crippen LogP contribution >= 0.6 is 0 Å². The third kappa shape index (κ3) is 1.24. The van der Waals surface area contributed by atoms with Crippen LogP contribution in [0, 0.1) is 0 Å². The molecule has 0 spiro atoms. The van der Waals surface area contributed by atoms with Crippen molar-refractivity contribution in [1.29, 1.82) is 0 Å². The van der Waals surface area contributed by atoms with Crippen molar-refractivity contribution in [1.82, 2.24) is 4.90 Å². The maximum Gasteiger partial charge on any atom is 0.220 e. The van der Waals surface area contributed by atoms with Crippen molar-refractivity contribution in [2.45, 2.75) is 38.6 Å². The fourth-order valence-corrected chi connectivity index (χ4v) is 1.55. The van der Waals surface area contributed by atoms with Crippen LogP contribution in [0.3, 0.4) is 0 Å². The Morgan fingerprint density at radius 1 is 1.42 bits per heavy atom. The Balaban J connectivity index is 2.72. The molecule has 68 valence electrons. The highest BCUT2D eigenvalue weighted by atomic mass is 16.2. The number of ketones is 1. The number of carbonyl (C=O) groups excluding carboxylic acids is 2. The van der Waals surface area contributed by atoms with Crippen molar-refractivity contribution in [2.24, 2.45) is 0 Å². The van der Waals surface area contributed by atoms with Gasteiger partial charge in [0, 0.05) is 20.4 Å². The lowest BCUT2D eigenvalue weighted by atomic mass is 10.1. The molecule has 0 bridgehead atoms. The Kier molecular flexibility index (Phi) is 2.22. The maximum atomic E-state index is 11.4. The van der Waals surface area contributed by atoms with E-state index in [2.05, 4.69) is 0 Å². The third-order valence-electron chi connectivity index (χ3n) is 2.68. The van der Waals surface area contributed by atoms with Crippen LogP contribution in [0.25, 0.3) is 0 Å². The number of nitrogens with zero attached hydrogens (tertiary/aromatic N) is 1. The molecule has 0 aromatic carbocycles. The minimum atomic E-state index is -0.416. The molecule has 0 saturated heterocycles. The number of rotatable bonds is 3. The predicted molar refractivity (Wildman–Crippen MR) is 45.7 cm³/mol. The Labute approximate surface area is 72.7 Å². The minimum absolute atomic E-state index is 0.0192. The number of carbonyl (C=O) groups is 2. The van der Waals surface area contributed by atoms with Crippen LogP contribution in [0.2, 0.25) is 0 Å². The summed E-state index contributed by atoms with van der Waals surface area (Å²) in [4.78, 5) is 24.1. The van der Waals surface area contributed by atoms with E-state index in [0.717, 1.165) is 12.8 Å². The zero-order chi connectivity index (χ0) is 9.35. The van der Waals surface area contributed by atoms with Gasteiger partial charge in [-0.05, 0) is 12.8 Å². The molecule has 3 nitrogen and oxygen atoms in total. The van der Waals surface area contributed by atoms with Crippen molar-refractivity contribution >= 4 is 11.7 Å². The second-order valence-corrected chi connectivity index (χ2v) is 3.39. The van der Waals surface area contributed by atoms with Crippen LogP contribution in [0.15, 0.2) is 0 Å². The first-order valence-electron chi connectivity index (χ1n) is 4.32. The van der Waals surface area contributed by atoms with E-state index in [1.54, 1.807) is 11.9 Å². The van der Waals surface area contributed by atoms with Gasteiger partial charge in [0.25, 0.3) is 0 Å². The molecular formula is C9H15NO2. The number of likely N-dealkylation sites (N-methyl/N-ethyl adjacent to an activating group) is 1. The van der Waals surface area contributed by atoms with Gasteiger partial charge in [-0.2, -0.15) is 0 Å². The number of amides is 1. The Morgan fingerprint density at radius 2 is 1.92 bits per heavy atom. The molecule has 1 rings (SSSR count). The highest BCUT2D eigenvalue weighted by molar-refractivity contribution is 5.94. The fraction of sp³-hybridized carbons (Fsp3) is 0.778. The zero-order valence-corrected chi connectivity index (χ0v) is 7.89. The largest absolute Gasteiger partial charge is 0.333 e. The van der Waals surface area contributed by atoms with Crippen LogP contribution in [-0.4, -0.2) is 29.2 Å². The van der Waals surface area contributed by atoms with E-state index < -0.39 is 5.54 Å². The molecule has 12 heavy (non-hydrogen) atoms. The van der Waals surface area contributed by atoms with Crippen LogP contribution in [-0.2, 0) is 9.59 Å². The van der Waals surface area contributed by atoms with Crippen molar-refractivity contribution in [3.05, 3.63) is 0 Å². The fourth-order valence-electron chi connectivity index (χ4n) is 1.55. The van der Waals surface area contributed by atoms with Crippen LogP contribution < -0.4 is 0 Å². The molecule has 0 radical (unpaired) electrons. The summed E-state index contributed by atoms with van der Waals surface area (Å²) >= 11 is 0. The van der Waals surface area contributed by atoms with Gasteiger partial charge in [-0.1, -0.05) is 6.92 Å². The van der Waals surface area contributed by atoms with Crippen molar-refractivity contribution < 1.29 is 9.59 Å². The molecule has 0 aromatic heterocycles. The Hall–Kier alpha value is -0.860. The Bertz CT molecular complexity index is 219. The van der Waals surface area contributed by atoms with Crippen molar-refractivity contribution in [2.75, 3.05) is 7.05 Å². The van der Waals surface area contributed by atoms with Gasteiger partial charge in [-0.15, -0.1) is 0 Å². The standard InChI is InChI=1S/C9H15NO2/c1-4-8(12)9(5-6-9)10(3)7(2)11/h4-6H2,1-3H3. The number of hydrogen-bond donors (Lipinski definition) is 0. The molecular weight excluding hydrogens is 154 g/mol. The third-order valence-corrected chi connectivity index (χ3v) is 2.68. The first-order chi connectivity index (χ1) is 5.54. The van der Waals surface area contributed by atoms with E-state index in [4.69, 9.17) is 0 Å². The number of Topliss-reactive ketones (excluding diaryl/α,β-unsaturated/α-hetero) is 1. The summed E-state index contributed by atoms with van der Waals surface area (Å²) in [6.45, 7) is 3.35. The second kappa shape index (κ2) is 2.88. The molecule has 0 aliphatic heterocycles. The molecule has 1 fully saturated rings. The zero-order valence-electron chi connectivity index (χ0n) is 7.89. The van der Waals surface area contributed by atoms with Crippen molar-refractivity contribution in [3.8, 4) is 0 Å². The summed E-state index contributed by atoms with van der Waals surface area (Å²) in [5, 5.41) is 0. The molecule has 0 N–H and O–H groups in total. The maximum absolute atomic E-state index is 11.4. The van der Waals surface area contributed by atoms with Gasteiger partial charge in [0.05, 0.1) is 0 Å². The highest BCUT2D eigenvalue weighted by Crippen LogP contribution is 2.42. The molecule has 1 amide bonds. The lowest BCUT2D eigenvalue weighted by Gasteiger charge is -2.25. The van der Waals surface area contributed by atoms with Gasteiger partial charge in [0.1, 0.15) is 5.54 Å². The van der Waals surface area contributed by atoms with Crippen LogP contribution in [0.1, 0.15) is 33.1 Å². The van der Waals surface area contributed by atoms with Gasteiger partial charge >= 0.3 is 0 Å². The molecule has 1 aliphatic carbocycles.